The molecule has 8 nitrogen and oxygen atoms in total. The molecular weight excluding hydrogens is 673 g/mol. The lowest BCUT2D eigenvalue weighted by atomic mass is 10.0. The maximum Gasteiger partial charge on any atom is 0.264 e. The Morgan fingerprint density at radius 1 is 0.891 bits per heavy atom. The van der Waals surface area contributed by atoms with Crippen molar-refractivity contribution in [1.82, 2.24) is 10.2 Å². The Bertz CT molecular complexity index is 1750. The highest BCUT2D eigenvalue weighted by atomic mass is 79.9. The summed E-state index contributed by atoms with van der Waals surface area (Å²) in [6.07, 6.45) is 0.185. The molecule has 4 aromatic carbocycles. The summed E-state index contributed by atoms with van der Waals surface area (Å²) >= 11 is 3.48. The average molecular weight is 711 g/mol. The fraction of sp³-hybridized carbons (Fsp3) is 0.257. The van der Waals surface area contributed by atoms with Crippen molar-refractivity contribution < 1.29 is 27.1 Å². The second-order valence-corrected chi connectivity index (χ2v) is 14.5. The number of benzene rings is 4. The monoisotopic (exact) mass is 709 g/mol. The van der Waals surface area contributed by atoms with E-state index in [-0.39, 0.29) is 29.5 Å². The summed E-state index contributed by atoms with van der Waals surface area (Å²) in [6, 6.07) is 26.3. The van der Waals surface area contributed by atoms with Crippen molar-refractivity contribution in [2.24, 2.45) is 0 Å². The van der Waals surface area contributed by atoms with Crippen LogP contribution in [0, 0.1) is 5.82 Å². The molecule has 0 radical (unpaired) electrons. The molecule has 0 aliphatic heterocycles. The maximum atomic E-state index is 14.5. The SMILES string of the molecule is COc1ccc(S(=O)(=O)N(CC(=O)N(Cc2cccc(Br)c2)C(Cc2ccccc2)C(=O)NC(C)(C)C)c2ccc(F)cc2)cc1. The van der Waals surface area contributed by atoms with Crippen molar-refractivity contribution >= 4 is 43.5 Å². The highest BCUT2D eigenvalue weighted by Crippen LogP contribution is 2.27. The number of nitrogens with zero attached hydrogens (tertiary/aromatic N) is 2. The molecule has 1 atom stereocenters. The molecule has 0 aromatic heterocycles. The molecule has 0 heterocycles. The largest absolute Gasteiger partial charge is 0.497 e. The van der Waals surface area contributed by atoms with Crippen LogP contribution in [-0.4, -0.2) is 50.4 Å². The molecule has 11 heteroatoms. The number of nitrogens with one attached hydrogen (secondary N) is 1. The van der Waals surface area contributed by atoms with Crippen molar-refractivity contribution in [1.29, 1.82) is 0 Å². The first-order valence-corrected chi connectivity index (χ1v) is 16.8. The smallest absolute Gasteiger partial charge is 0.264 e. The first kappa shape index (κ1) is 34.6. The molecule has 0 saturated heterocycles. The van der Waals surface area contributed by atoms with E-state index in [9.17, 15) is 22.4 Å². The second kappa shape index (κ2) is 14.9. The molecule has 0 saturated carbocycles. The number of methoxy groups -OCH3 is 1. The molecular formula is C35H37BrFN3O5S. The van der Waals surface area contributed by atoms with Crippen LogP contribution in [0.25, 0.3) is 0 Å². The van der Waals surface area contributed by atoms with E-state index in [2.05, 4.69) is 21.2 Å². The fourth-order valence-electron chi connectivity index (χ4n) is 4.85. The van der Waals surface area contributed by atoms with Gasteiger partial charge in [-0.1, -0.05) is 58.4 Å². The Hall–Kier alpha value is -4.22. The van der Waals surface area contributed by atoms with Crippen LogP contribution in [0.4, 0.5) is 10.1 Å². The van der Waals surface area contributed by atoms with Gasteiger partial charge in [-0.25, -0.2) is 12.8 Å². The van der Waals surface area contributed by atoms with Gasteiger partial charge in [-0.05, 0) is 92.6 Å². The Balaban J connectivity index is 1.81. The van der Waals surface area contributed by atoms with E-state index in [0.717, 1.165) is 32.0 Å². The van der Waals surface area contributed by atoms with E-state index >= 15 is 0 Å². The van der Waals surface area contributed by atoms with Crippen molar-refractivity contribution in [2.45, 2.75) is 50.2 Å². The lowest BCUT2D eigenvalue weighted by Gasteiger charge is -2.35. The van der Waals surface area contributed by atoms with Gasteiger partial charge in [0, 0.05) is 23.0 Å². The quantitative estimate of drug-likeness (QED) is 0.185. The molecule has 2 amide bonds. The molecule has 1 unspecified atom stereocenters. The summed E-state index contributed by atoms with van der Waals surface area (Å²) in [5.74, 6) is -1.11. The van der Waals surface area contributed by atoms with Crippen LogP contribution in [0.1, 0.15) is 31.9 Å². The van der Waals surface area contributed by atoms with Gasteiger partial charge in [-0.2, -0.15) is 0 Å². The maximum absolute atomic E-state index is 14.5. The van der Waals surface area contributed by atoms with E-state index in [1.807, 2.05) is 75.4 Å². The van der Waals surface area contributed by atoms with Crippen LogP contribution in [0.5, 0.6) is 5.75 Å². The third kappa shape index (κ3) is 9.17. The molecule has 0 aliphatic carbocycles. The summed E-state index contributed by atoms with van der Waals surface area (Å²) in [5, 5.41) is 3.00. The number of hydrogen-bond donors (Lipinski definition) is 1. The number of carbonyl (C=O) groups excluding carboxylic acids is 2. The zero-order chi connectivity index (χ0) is 33.5. The molecule has 46 heavy (non-hydrogen) atoms. The molecule has 0 bridgehead atoms. The number of amides is 2. The molecule has 242 valence electrons. The van der Waals surface area contributed by atoms with Crippen LogP contribution in [0.3, 0.4) is 0 Å². The molecule has 0 aliphatic rings. The summed E-state index contributed by atoms with van der Waals surface area (Å²) in [4.78, 5) is 29.8. The number of sulfonamides is 1. The van der Waals surface area contributed by atoms with E-state index < -0.39 is 39.9 Å². The van der Waals surface area contributed by atoms with Gasteiger partial charge in [-0.15, -0.1) is 0 Å². The van der Waals surface area contributed by atoms with Crippen LogP contribution in [-0.2, 0) is 32.6 Å². The van der Waals surface area contributed by atoms with Crippen molar-refractivity contribution in [3.8, 4) is 5.75 Å². The Labute approximate surface area is 278 Å². The molecule has 4 aromatic rings. The minimum atomic E-state index is -4.33. The zero-order valence-corrected chi connectivity index (χ0v) is 28.5. The van der Waals surface area contributed by atoms with Gasteiger partial charge >= 0.3 is 0 Å². The normalized spacial score (nSPS) is 12.2. The summed E-state index contributed by atoms with van der Waals surface area (Å²) in [5.41, 5.74) is 1.04. The molecule has 4 rings (SSSR count). The van der Waals surface area contributed by atoms with Crippen LogP contribution in [0.15, 0.2) is 112 Å². The molecule has 0 spiro atoms. The van der Waals surface area contributed by atoms with E-state index in [1.165, 1.54) is 48.4 Å². The van der Waals surface area contributed by atoms with E-state index in [4.69, 9.17) is 4.74 Å². The second-order valence-electron chi connectivity index (χ2n) is 11.8. The van der Waals surface area contributed by atoms with Crippen molar-refractivity contribution in [3.63, 3.8) is 0 Å². The van der Waals surface area contributed by atoms with Gasteiger partial charge in [0.25, 0.3) is 10.0 Å². The van der Waals surface area contributed by atoms with Gasteiger partial charge in [0.1, 0.15) is 24.2 Å². The Morgan fingerprint density at radius 2 is 1.52 bits per heavy atom. The van der Waals surface area contributed by atoms with Crippen LogP contribution < -0.4 is 14.4 Å². The fourth-order valence-corrected chi connectivity index (χ4v) is 6.71. The number of anilines is 1. The predicted molar refractivity (Wildman–Crippen MR) is 180 cm³/mol. The number of carbonyl (C=O) groups is 2. The van der Waals surface area contributed by atoms with Crippen molar-refractivity contribution in [2.75, 3.05) is 18.0 Å². The van der Waals surface area contributed by atoms with E-state index in [0.29, 0.717) is 5.75 Å². The number of rotatable bonds is 12. The lowest BCUT2D eigenvalue weighted by molar-refractivity contribution is -0.140. The predicted octanol–water partition coefficient (Wildman–Crippen LogP) is 6.35. The number of halogens is 2. The summed E-state index contributed by atoms with van der Waals surface area (Å²) in [6.45, 7) is 4.92. The zero-order valence-electron chi connectivity index (χ0n) is 26.1. The first-order valence-electron chi connectivity index (χ1n) is 14.6. The third-order valence-electron chi connectivity index (χ3n) is 7.05. The average Bonchev–Trinajstić information content (AvgIpc) is 3.01. The lowest BCUT2D eigenvalue weighted by Crippen LogP contribution is -2.56. The van der Waals surface area contributed by atoms with Crippen molar-refractivity contribution in [3.05, 3.63) is 125 Å². The first-order chi connectivity index (χ1) is 21.8. The van der Waals surface area contributed by atoms with Crippen LogP contribution >= 0.6 is 15.9 Å². The number of ether oxygens (including phenoxy) is 1. The van der Waals surface area contributed by atoms with Gasteiger partial charge in [0.05, 0.1) is 17.7 Å². The Morgan fingerprint density at radius 3 is 2.11 bits per heavy atom. The molecule has 1 N–H and O–H groups in total. The minimum Gasteiger partial charge on any atom is -0.497 e. The molecule has 0 fully saturated rings. The van der Waals surface area contributed by atoms with E-state index in [1.54, 1.807) is 0 Å². The van der Waals surface area contributed by atoms with Crippen LogP contribution in [0.2, 0.25) is 0 Å². The standard InChI is InChI=1S/C35H37BrFN3O5S/c1-35(2,3)38-34(42)32(22-25-9-6-5-7-10-25)39(23-26-11-8-12-27(36)21-26)33(41)24-40(29-15-13-28(37)14-16-29)46(43,44)31-19-17-30(45-4)18-20-31/h5-21,32H,22-24H2,1-4H3,(H,38,42). The van der Waals surface area contributed by atoms with Gasteiger partial charge in [-0.3, -0.25) is 13.9 Å². The summed E-state index contributed by atoms with van der Waals surface area (Å²) in [7, 11) is -2.87. The highest BCUT2D eigenvalue weighted by molar-refractivity contribution is 9.10. The minimum absolute atomic E-state index is 0.0210. The highest BCUT2D eigenvalue weighted by Gasteiger charge is 2.35. The van der Waals surface area contributed by atoms with Gasteiger partial charge < -0.3 is 15.0 Å². The van der Waals surface area contributed by atoms with Gasteiger partial charge in [0.2, 0.25) is 11.8 Å². The summed E-state index contributed by atoms with van der Waals surface area (Å²) < 4.78 is 49.0. The third-order valence-corrected chi connectivity index (χ3v) is 9.33. The number of hydrogen-bond acceptors (Lipinski definition) is 5. The Kier molecular flexibility index (Phi) is 11.2. The van der Waals surface area contributed by atoms with Gasteiger partial charge in [0.15, 0.2) is 0 Å². The topological polar surface area (TPSA) is 96.0 Å².